The van der Waals surface area contributed by atoms with Crippen molar-refractivity contribution < 1.29 is 4.43 Å². The van der Waals surface area contributed by atoms with Gasteiger partial charge in [-0.3, -0.25) is 0 Å². The predicted octanol–water partition coefficient (Wildman–Crippen LogP) is 4.63. The fourth-order valence-electron chi connectivity index (χ4n) is 4.96. The molecule has 0 N–H and O–H groups in total. The van der Waals surface area contributed by atoms with Crippen LogP contribution in [0.15, 0.2) is 0 Å². The largest absolute Gasteiger partial charge is 0.420 e. The Balaban J connectivity index is 5.84. The van der Waals surface area contributed by atoms with Crippen molar-refractivity contribution in [2.45, 2.75) is 72.0 Å². The summed E-state index contributed by atoms with van der Waals surface area (Å²) in [6, 6.07) is 3.70. The maximum absolute atomic E-state index is 6.30. The van der Waals surface area contributed by atoms with Crippen molar-refractivity contribution in [1.82, 2.24) is 14.7 Å². The Morgan fingerprint density at radius 2 is 1.00 bits per heavy atom. The third-order valence-corrected chi connectivity index (χ3v) is 10.9. The first kappa shape index (κ1) is 27.1. The summed E-state index contributed by atoms with van der Waals surface area (Å²) in [6.45, 7) is 18.6. The quantitative estimate of drug-likeness (QED) is 0.331. The Morgan fingerprint density at radius 1 is 0.667 bits per heavy atom. The van der Waals surface area contributed by atoms with Crippen molar-refractivity contribution in [1.29, 1.82) is 0 Å². The van der Waals surface area contributed by atoms with E-state index in [0.717, 1.165) is 0 Å². The minimum absolute atomic E-state index is 0.270. The zero-order chi connectivity index (χ0) is 20.9. The third-order valence-electron chi connectivity index (χ3n) is 6.05. The SMILES string of the molecule is CCCN(C)CC(CN(C)CCC)(CN(C)CCC)C[Si](CC)(CC)OC. The van der Waals surface area contributed by atoms with Crippen LogP contribution in [0.25, 0.3) is 0 Å². The van der Waals surface area contributed by atoms with Crippen LogP contribution < -0.4 is 0 Å². The zero-order valence-corrected chi connectivity index (χ0v) is 21.2. The lowest BCUT2D eigenvalue weighted by atomic mass is 9.87. The van der Waals surface area contributed by atoms with E-state index in [1.807, 2.05) is 7.11 Å². The number of rotatable bonds is 17. The van der Waals surface area contributed by atoms with E-state index >= 15 is 0 Å². The lowest BCUT2D eigenvalue weighted by molar-refractivity contribution is 0.0890. The van der Waals surface area contributed by atoms with Gasteiger partial charge in [-0.25, -0.2) is 0 Å². The van der Waals surface area contributed by atoms with Crippen molar-refractivity contribution in [3.8, 4) is 0 Å². The van der Waals surface area contributed by atoms with Gasteiger partial charge in [0.15, 0.2) is 8.32 Å². The summed E-state index contributed by atoms with van der Waals surface area (Å²) in [5.41, 5.74) is 0.270. The summed E-state index contributed by atoms with van der Waals surface area (Å²) in [4.78, 5) is 7.71. The summed E-state index contributed by atoms with van der Waals surface area (Å²) < 4.78 is 6.30. The molecule has 0 saturated heterocycles. The lowest BCUT2D eigenvalue weighted by Gasteiger charge is -2.46. The second kappa shape index (κ2) is 14.1. The van der Waals surface area contributed by atoms with Crippen LogP contribution in [0.4, 0.5) is 0 Å². The van der Waals surface area contributed by atoms with Gasteiger partial charge in [0.1, 0.15) is 0 Å². The normalized spacial score (nSPS) is 13.3. The van der Waals surface area contributed by atoms with Crippen molar-refractivity contribution >= 4 is 8.32 Å². The van der Waals surface area contributed by atoms with Gasteiger partial charge in [0, 0.05) is 32.2 Å². The highest BCUT2D eigenvalue weighted by Gasteiger charge is 2.43. The second-order valence-corrected chi connectivity index (χ2v) is 13.5. The summed E-state index contributed by atoms with van der Waals surface area (Å²) in [6.07, 6.45) is 3.66. The Morgan fingerprint density at radius 3 is 1.22 bits per heavy atom. The van der Waals surface area contributed by atoms with Gasteiger partial charge in [-0.1, -0.05) is 34.6 Å². The molecule has 164 valence electrons. The van der Waals surface area contributed by atoms with E-state index in [9.17, 15) is 0 Å². The predicted molar refractivity (Wildman–Crippen MR) is 124 cm³/mol. The van der Waals surface area contributed by atoms with Gasteiger partial charge in [-0.2, -0.15) is 0 Å². The molecular formula is C22H51N3OSi. The number of hydrogen-bond donors (Lipinski definition) is 0. The molecule has 0 aromatic heterocycles. The average Bonchev–Trinajstić information content (AvgIpc) is 2.60. The van der Waals surface area contributed by atoms with Crippen molar-refractivity contribution in [2.24, 2.45) is 5.41 Å². The van der Waals surface area contributed by atoms with E-state index < -0.39 is 8.32 Å². The zero-order valence-electron chi connectivity index (χ0n) is 20.2. The first-order valence-corrected chi connectivity index (χ1v) is 13.9. The molecule has 0 aliphatic heterocycles. The standard InChI is InChI=1S/C22H51N3OSi/c1-10-15-23(6)18-22(19-24(7)16-11-2,20-25(8)17-12-3)21-27(13-4,14-5)26-9/h10-21H2,1-9H3. The summed E-state index contributed by atoms with van der Waals surface area (Å²) in [5.74, 6) is 0. The molecule has 0 unspecified atom stereocenters. The van der Waals surface area contributed by atoms with Crippen LogP contribution >= 0.6 is 0 Å². The lowest BCUT2D eigenvalue weighted by Crippen LogP contribution is -2.55. The molecule has 5 heteroatoms. The molecular weight excluding hydrogens is 350 g/mol. The van der Waals surface area contributed by atoms with Crippen LogP contribution in [0.3, 0.4) is 0 Å². The maximum atomic E-state index is 6.30. The molecule has 27 heavy (non-hydrogen) atoms. The van der Waals surface area contributed by atoms with Gasteiger partial charge < -0.3 is 19.1 Å². The van der Waals surface area contributed by atoms with Crippen LogP contribution in [0.1, 0.15) is 53.9 Å². The molecule has 4 nitrogen and oxygen atoms in total. The molecule has 0 fully saturated rings. The van der Waals surface area contributed by atoms with Crippen molar-refractivity contribution in [2.75, 3.05) is 67.5 Å². The second-order valence-electron chi connectivity index (χ2n) is 8.98. The van der Waals surface area contributed by atoms with Gasteiger partial charge in [-0.15, -0.1) is 0 Å². The fraction of sp³-hybridized carbons (Fsp3) is 1.00. The molecule has 0 aromatic rings. The van der Waals surface area contributed by atoms with Crippen molar-refractivity contribution in [3.63, 3.8) is 0 Å². The van der Waals surface area contributed by atoms with Crippen LogP contribution in [0, 0.1) is 5.41 Å². The molecule has 0 aliphatic carbocycles. The van der Waals surface area contributed by atoms with Crippen LogP contribution in [-0.4, -0.2) is 90.5 Å². The van der Waals surface area contributed by atoms with Crippen LogP contribution in [-0.2, 0) is 4.43 Å². The molecule has 0 heterocycles. The smallest absolute Gasteiger partial charge is 0.192 e. The first-order chi connectivity index (χ1) is 12.8. The van der Waals surface area contributed by atoms with Crippen molar-refractivity contribution in [3.05, 3.63) is 0 Å². The van der Waals surface area contributed by atoms with Gasteiger partial charge in [-0.05, 0) is 78.2 Å². The maximum Gasteiger partial charge on any atom is 0.192 e. The molecule has 0 rings (SSSR count). The highest BCUT2D eigenvalue weighted by atomic mass is 28.4. The minimum Gasteiger partial charge on any atom is -0.420 e. The molecule has 0 aromatic carbocycles. The van der Waals surface area contributed by atoms with E-state index in [1.54, 1.807) is 0 Å². The van der Waals surface area contributed by atoms with E-state index in [1.165, 1.54) is 76.7 Å². The molecule has 0 spiro atoms. The molecule has 0 bridgehead atoms. The summed E-state index contributed by atoms with van der Waals surface area (Å²) in [7, 11) is 7.21. The van der Waals surface area contributed by atoms with E-state index in [-0.39, 0.29) is 5.41 Å². The molecule has 0 amide bonds. The van der Waals surface area contributed by atoms with Gasteiger partial charge >= 0.3 is 0 Å². The Labute approximate surface area is 172 Å². The molecule has 0 aliphatic rings. The van der Waals surface area contributed by atoms with E-state index in [4.69, 9.17) is 4.43 Å². The Kier molecular flexibility index (Phi) is 14.1. The molecule has 0 atom stereocenters. The Hall–Kier alpha value is 0.0569. The van der Waals surface area contributed by atoms with Crippen LogP contribution in [0.5, 0.6) is 0 Å². The minimum atomic E-state index is -1.70. The monoisotopic (exact) mass is 401 g/mol. The van der Waals surface area contributed by atoms with Crippen LogP contribution in [0.2, 0.25) is 18.1 Å². The summed E-state index contributed by atoms with van der Waals surface area (Å²) >= 11 is 0. The summed E-state index contributed by atoms with van der Waals surface area (Å²) in [5, 5.41) is 0. The molecule has 0 saturated carbocycles. The molecule has 0 radical (unpaired) electrons. The number of hydrogen-bond acceptors (Lipinski definition) is 4. The van der Waals surface area contributed by atoms with Gasteiger partial charge in [0.2, 0.25) is 0 Å². The highest BCUT2D eigenvalue weighted by molar-refractivity contribution is 6.73. The Bertz CT molecular complexity index is 319. The third kappa shape index (κ3) is 9.89. The van der Waals surface area contributed by atoms with Gasteiger partial charge in [0.25, 0.3) is 0 Å². The van der Waals surface area contributed by atoms with E-state index in [0.29, 0.717) is 0 Å². The first-order valence-electron chi connectivity index (χ1n) is 11.4. The van der Waals surface area contributed by atoms with E-state index in [2.05, 4.69) is 70.5 Å². The topological polar surface area (TPSA) is 19.0 Å². The van der Waals surface area contributed by atoms with Gasteiger partial charge in [0.05, 0.1) is 0 Å². The number of nitrogens with zero attached hydrogens (tertiary/aromatic N) is 3. The fourth-order valence-corrected chi connectivity index (χ4v) is 8.39. The highest BCUT2D eigenvalue weighted by Crippen LogP contribution is 2.36. The average molecular weight is 402 g/mol.